The smallest absolute Gasteiger partial charge is 0.408 e. The van der Waals surface area contributed by atoms with E-state index in [9.17, 15) is 14.4 Å². The van der Waals surface area contributed by atoms with E-state index in [1.807, 2.05) is 0 Å². The maximum atomic E-state index is 12.4. The second kappa shape index (κ2) is 6.21. The summed E-state index contributed by atoms with van der Waals surface area (Å²) in [5.41, 5.74) is 0.409. The number of carbonyl (C=O) groups excluding carboxylic acids is 2. The van der Waals surface area contributed by atoms with Crippen LogP contribution in [0, 0.1) is 0 Å². The van der Waals surface area contributed by atoms with Crippen LogP contribution in [-0.4, -0.2) is 51.9 Å². The molecule has 6 heteroatoms. The van der Waals surface area contributed by atoms with Gasteiger partial charge in [0.25, 0.3) is 11.8 Å². The molecule has 2 rings (SSSR count). The highest BCUT2D eigenvalue weighted by Gasteiger charge is 2.39. The van der Waals surface area contributed by atoms with E-state index in [0.717, 1.165) is 9.80 Å². The first-order valence-electron chi connectivity index (χ1n) is 6.57. The lowest BCUT2D eigenvalue weighted by Gasteiger charge is -2.37. The molecule has 1 atom stereocenters. The predicted octanol–water partition coefficient (Wildman–Crippen LogP) is 1.59. The van der Waals surface area contributed by atoms with Gasteiger partial charge in [0, 0.05) is 18.7 Å². The molecule has 21 heavy (non-hydrogen) atoms. The molecule has 1 saturated heterocycles. The minimum absolute atomic E-state index is 0.0620. The van der Waals surface area contributed by atoms with Crippen molar-refractivity contribution in [3.8, 4) is 0 Å². The zero-order chi connectivity index (χ0) is 15.4. The van der Waals surface area contributed by atoms with Crippen molar-refractivity contribution >= 4 is 17.9 Å². The average Bonchev–Trinajstić information content (AvgIpc) is 2.49. The van der Waals surface area contributed by atoms with Crippen LogP contribution < -0.4 is 0 Å². The normalized spacial score (nSPS) is 18.5. The molecule has 0 spiro atoms. The summed E-state index contributed by atoms with van der Waals surface area (Å²) >= 11 is 0. The largest absolute Gasteiger partial charge is 0.465 e. The summed E-state index contributed by atoms with van der Waals surface area (Å²) in [6, 6.07) is 7.57. The molecule has 1 aromatic carbocycles. The minimum Gasteiger partial charge on any atom is -0.465 e. The molecule has 0 radical (unpaired) electrons. The molecule has 1 aliphatic rings. The van der Waals surface area contributed by atoms with Crippen LogP contribution in [0.2, 0.25) is 0 Å². The number of piperazine rings is 1. The van der Waals surface area contributed by atoms with Crippen molar-refractivity contribution in [2.75, 3.05) is 13.1 Å². The fourth-order valence-electron chi connectivity index (χ4n) is 2.34. The monoisotopic (exact) mass is 288 g/mol. The third kappa shape index (κ3) is 2.94. The Balaban J connectivity index is 2.23. The van der Waals surface area contributed by atoms with E-state index in [1.54, 1.807) is 30.3 Å². The van der Waals surface area contributed by atoms with Gasteiger partial charge in [0.05, 0.1) is 0 Å². The molecular formula is C15H16N2O4. The van der Waals surface area contributed by atoms with Gasteiger partial charge in [-0.15, -0.1) is 6.58 Å². The molecular weight excluding hydrogens is 272 g/mol. The number of hydrogen-bond donors (Lipinski definition) is 1. The molecule has 6 nitrogen and oxygen atoms in total. The van der Waals surface area contributed by atoms with E-state index in [1.165, 1.54) is 6.08 Å². The second-order valence-corrected chi connectivity index (χ2v) is 4.68. The number of nitrogens with zero attached hydrogens (tertiary/aromatic N) is 2. The molecule has 1 fully saturated rings. The van der Waals surface area contributed by atoms with E-state index >= 15 is 0 Å². The van der Waals surface area contributed by atoms with Crippen molar-refractivity contribution in [2.45, 2.75) is 12.5 Å². The molecule has 1 aliphatic heterocycles. The Labute approximate surface area is 122 Å². The van der Waals surface area contributed by atoms with Gasteiger partial charge >= 0.3 is 6.09 Å². The van der Waals surface area contributed by atoms with Gasteiger partial charge in [-0.05, 0) is 18.6 Å². The van der Waals surface area contributed by atoms with Gasteiger partial charge in [-0.2, -0.15) is 0 Å². The number of carboxylic acid groups (broad SMARTS) is 1. The maximum Gasteiger partial charge on any atom is 0.408 e. The Morgan fingerprint density at radius 1 is 1.29 bits per heavy atom. The highest BCUT2D eigenvalue weighted by atomic mass is 16.4. The fourth-order valence-corrected chi connectivity index (χ4v) is 2.34. The van der Waals surface area contributed by atoms with Crippen LogP contribution in [0.25, 0.3) is 0 Å². The summed E-state index contributed by atoms with van der Waals surface area (Å²) in [6.07, 6.45) is 0.501. The van der Waals surface area contributed by atoms with Gasteiger partial charge in [-0.3, -0.25) is 19.4 Å². The van der Waals surface area contributed by atoms with Gasteiger partial charge in [0.2, 0.25) is 0 Å². The van der Waals surface area contributed by atoms with Crippen LogP contribution in [-0.2, 0) is 4.79 Å². The van der Waals surface area contributed by atoms with E-state index in [-0.39, 0.29) is 19.5 Å². The number of carbonyl (C=O) groups is 3. The van der Waals surface area contributed by atoms with Crippen molar-refractivity contribution in [3.05, 3.63) is 48.6 Å². The minimum atomic E-state index is -1.16. The summed E-state index contributed by atoms with van der Waals surface area (Å²) in [5, 5.41) is 9.13. The van der Waals surface area contributed by atoms with Crippen LogP contribution in [0.15, 0.2) is 43.0 Å². The summed E-state index contributed by atoms with van der Waals surface area (Å²) in [5.74, 6) is -0.905. The Kier molecular flexibility index (Phi) is 4.37. The number of imide groups is 1. The lowest BCUT2D eigenvalue weighted by atomic mass is 10.1. The Bertz CT molecular complexity index is 570. The summed E-state index contributed by atoms with van der Waals surface area (Å²) in [7, 11) is 0. The van der Waals surface area contributed by atoms with Crippen molar-refractivity contribution in [1.29, 1.82) is 0 Å². The molecule has 0 bridgehead atoms. The van der Waals surface area contributed by atoms with Gasteiger partial charge < -0.3 is 5.11 Å². The van der Waals surface area contributed by atoms with Crippen molar-refractivity contribution in [3.63, 3.8) is 0 Å². The van der Waals surface area contributed by atoms with E-state index in [4.69, 9.17) is 5.11 Å². The van der Waals surface area contributed by atoms with Gasteiger partial charge in [0.15, 0.2) is 0 Å². The second-order valence-electron chi connectivity index (χ2n) is 4.68. The van der Waals surface area contributed by atoms with Crippen LogP contribution in [0.1, 0.15) is 16.8 Å². The lowest BCUT2D eigenvalue weighted by molar-refractivity contribution is -0.137. The summed E-state index contributed by atoms with van der Waals surface area (Å²) < 4.78 is 0. The summed E-state index contributed by atoms with van der Waals surface area (Å²) in [4.78, 5) is 38.1. The molecule has 0 saturated carbocycles. The van der Waals surface area contributed by atoms with Crippen LogP contribution in [0.4, 0.5) is 4.79 Å². The highest BCUT2D eigenvalue weighted by molar-refractivity contribution is 6.07. The molecule has 0 unspecified atom stereocenters. The van der Waals surface area contributed by atoms with Crippen LogP contribution in [0.3, 0.4) is 0 Å². The zero-order valence-corrected chi connectivity index (χ0v) is 11.4. The maximum absolute atomic E-state index is 12.4. The number of hydrogen-bond acceptors (Lipinski definition) is 3. The fraction of sp³-hybridized carbons (Fsp3) is 0.267. The third-order valence-electron chi connectivity index (χ3n) is 3.39. The number of benzene rings is 1. The van der Waals surface area contributed by atoms with Crippen LogP contribution >= 0.6 is 0 Å². The standard InChI is InChI=1S/C15H16N2O4/c1-2-6-12-14(19)17(10-9-16(12)15(20)21)13(18)11-7-4-3-5-8-11/h2-5,7-8,12H,1,6,9-10H2,(H,20,21)/t12-/m0/s1. The Hall–Kier alpha value is -2.63. The molecule has 3 amide bonds. The zero-order valence-electron chi connectivity index (χ0n) is 11.4. The van der Waals surface area contributed by atoms with Crippen molar-refractivity contribution in [2.24, 2.45) is 0 Å². The van der Waals surface area contributed by atoms with Gasteiger partial charge in [0.1, 0.15) is 6.04 Å². The molecule has 1 heterocycles. The Morgan fingerprint density at radius 3 is 2.52 bits per heavy atom. The van der Waals surface area contributed by atoms with E-state index < -0.39 is 23.9 Å². The SMILES string of the molecule is C=CC[C@H]1C(=O)N(C(=O)c2ccccc2)CCN1C(=O)O. The first-order chi connectivity index (χ1) is 10.1. The molecule has 0 aliphatic carbocycles. The highest BCUT2D eigenvalue weighted by Crippen LogP contribution is 2.17. The number of amides is 3. The lowest BCUT2D eigenvalue weighted by Crippen LogP contribution is -2.59. The molecule has 1 N–H and O–H groups in total. The number of rotatable bonds is 3. The van der Waals surface area contributed by atoms with Gasteiger partial charge in [-0.1, -0.05) is 24.3 Å². The summed E-state index contributed by atoms with van der Waals surface area (Å²) in [6.45, 7) is 3.71. The van der Waals surface area contributed by atoms with E-state index in [2.05, 4.69) is 6.58 Å². The first kappa shape index (κ1) is 14.8. The van der Waals surface area contributed by atoms with Crippen LogP contribution in [0.5, 0.6) is 0 Å². The quantitative estimate of drug-likeness (QED) is 0.677. The predicted molar refractivity (Wildman–Crippen MR) is 75.8 cm³/mol. The molecule has 110 valence electrons. The van der Waals surface area contributed by atoms with Gasteiger partial charge in [-0.25, -0.2) is 4.79 Å². The molecule has 1 aromatic rings. The first-order valence-corrected chi connectivity index (χ1v) is 6.57. The average molecular weight is 288 g/mol. The van der Waals surface area contributed by atoms with Crippen molar-refractivity contribution < 1.29 is 19.5 Å². The third-order valence-corrected chi connectivity index (χ3v) is 3.39. The molecule has 0 aromatic heterocycles. The van der Waals surface area contributed by atoms with E-state index in [0.29, 0.717) is 5.56 Å². The topological polar surface area (TPSA) is 77.9 Å². The van der Waals surface area contributed by atoms with Crippen molar-refractivity contribution in [1.82, 2.24) is 9.80 Å². The Morgan fingerprint density at radius 2 is 1.95 bits per heavy atom.